The van der Waals surface area contributed by atoms with Crippen molar-refractivity contribution in [3.8, 4) is 0 Å². The van der Waals surface area contributed by atoms with Gasteiger partial charge in [-0.05, 0) is 60.2 Å². The van der Waals surface area contributed by atoms with Crippen LogP contribution in [0.4, 0.5) is 0 Å². The van der Waals surface area contributed by atoms with Crippen molar-refractivity contribution in [3.05, 3.63) is 31.5 Å². The molecule has 0 N–H and O–H groups in total. The maximum Gasteiger partial charge on any atom is 0.336 e. The average molecular weight is 466 g/mol. The summed E-state index contributed by atoms with van der Waals surface area (Å²) in [7, 11) is 0. The molecule has 192 valence electrons. The van der Waals surface area contributed by atoms with Gasteiger partial charge >= 0.3 is 17.1 Å². The van der Waals surface area contributed by atoms with E-state index in [4.69, 9.17) is 0 Å². The molecule has 0 aliphatic rings. The first-order chi connectivity index (χ1) is 14.8. The van der Waals surface area contributed by atoms with Crippen LogP contribution in [0, 0.1) is 21.7 Å². The van der Waals surface area contributed by atoms with Gasteiger partial charge in [-0.3, -0.25) is 0 Å². The molecule has 0 aromatic carbocycles. The molecule has 6 heteroatoms. The molecule has 6 nitrogen and oxygen atoms in total. The Morgan fingerprint density at radius 1 is 0.485 bits per heavy atom. The number of hydrogen-bond acceptors (Lipinski definition) is 3. The molecule has 0 amide bonds. The smallest absolute Gasteiger partial charge is 0.247 e. The van der Waals surface area contributed by atoms with E-state index in [1.54, 1.807) is 0 Å². The molecule has 1 aromatic rings. The van der Waals surface area contributed by atoms with Gasteiger partial charge in [0.1, 0.15) is 0 Å². The summed E-state index contributed by atoms with van der Waals surface area (Å²) in [6, 6.07) is 0. The van der Waals surface area contributed by atoms with Gasteiger partial charge in [0.25, 0.3) is 0 Å². The Bertz CT molecular complexity index is 884. The lowest BCUT2D eigenvalue weighted by atomic mass is 9.67. The van der Waals surface area contributed by atoms with Crippen LogP contribution in [0.1, 0.15) is 115 Å². The van der Waals surface area contributed by atoms with Crippen molar-refractivity contribution >= 4 is 0 Å². The Labute approximate surface area is 201 Å². The van der Waals surface area contributed by atoms with Gasteiger partial charge in [-0.1, -0.05) is 76.2 Å². The third kappa shape index (κ3) is 8.94. The molecule has 0 spiro atoms. The summed E-state index contributed by atoms with van der Waals surface area (Å²) in [6.45, 7) is 25.1. The van der Waals surface area contributed by atoms with Crippen LogP contribution in [-0.4, -0.2) is 13.7 Å². The third-order valence-electron chi connectivity index (χ3n) is 7.22. The normalized spacial score (nSPS) is 13.5. The topological polar surface area (TPSA) is 66.0 Å². The lowest BCUT2D eigenvalue weighted by molar-refractivity contribution is 0.114. The minimum atomic E-state index is -0.459. The van der Waals surface area contributed by atoms with E-state index in [1.807, 2.05) is 0 Å². The van der Waals surface area contributed by atoms with E-state index in [0.29, 0.717) is 19.6 Å². The highest BCUT2D eigenvalue weighted by molar-refractivity contribution is 4.84. The Hall–Kier alpha value is -1.59. The van der Waals surface area contributed by atoms with Crippen molar-refractivity contribution in [2.45, 2.75) is 134 Å². The molecular weight excluding hydrogens is 414 g/mol. The molecule has 0 saturated heterocycles. The van der Waals surface area contributed by atoms with Crippen LogP contribution < -0.4 is 17.1 Å². The molecule has 0 unspecified atom stereocenters. The minimum Gasteiger partial charge on any atom is -0.247 e. The molecule has 1 heterocycles. The van der Waals surface area contributed by atoms with Gasteiger partial charge in [-0.25, -0.2) is 28.1 Å². The van der Waals surface area contributed by atoms with Crippen molar-refractivity contribution in [1.82, 2.24) is 13.7 Å². The Morgan fingerprint density at radius 3 is 1.00 bits per heavy atom. The van der Waals surface area contributed by atoms with Crippen LogP contribution in [0.3, 0.4) is 0 Å². The van der Waals surface area contributed by atoms with Crippen molar-refractivity contribution in [2.24, 2.45) is 21.7 Å². The van der Waals surface area contributed by atoms with E-state index in [1.165, 1.54) is 13.7 Å². The second-order valence-corrected chi connectivity index (χ2v) is 13.9. The maximum atomic E-state index is 13.2. The zero-order valence-corrected chi connectivity index (χ0v) is 23.4. The number of aromatic nitrogens is 3. The first-order valence-corrected chi connectivity index (χ1v) is 12.7. The highest BCUT2D eigenvalue weighted by atomic mass is 16.2. The fourth-order valence-electron chi connectivity index (χ4n) is 3.85. The Morgan fingerprint density at radius 2 is 0.758 bits per heavy atom. The number of nitrogens with zero attached hydrogens (tertiary/aromatic N) is 3. The SMILES string of the molecule is CC(C)(C)CCCn1c(=O)n(CCCC(C)(C)C)c(=O)n(CCCC(C)(C)C(C)(C)C)c1=O. The second-order valence-electron chi connectivity index (χ2n) is 13.9. The molecule has 0 fully saturated rings. The van der Waals surface area contributed by atoms with Crippen LogP contribution in [0.2, 0.25) is 0 Å². The number of rotatable bonds is 10. The lowest BCUT2D eigenvalue weighted by Gasteiger charge is -2.39. The summed E-state index contributed by atoms with van der Waals surface area (Å²) >= 11 is 0. The van der Waals surface area contributed by atoms with Crippen LogP contribution in [-0.2, 0) is 19.6 Å². The molecule has 0 bridgehead atoms. The summed E-state index contributed by atoms with van der Waals surface area (Å²) < 4.78 is 3.88. The summed E-state index contributed by atoms with van der Waals surface area (Å²) in [6.07, 6.45) is 4.90. The molecular formula is C27H51N3O3. The average Bonchev–Trinajstić information content (AvgIpc) is 2.61. The fourth-order valence-corrected chi connectivity index (χ4v) is 3.85. The van der Waals surface area contributed by atoms with Gasteiger partial charge in [0.2, 0.25) is 0 Å². The van der Waals surface area contributed by atoms with Gasteiger partial charge in [-0.15, -0.1) is 0 Å². The van der Waals surface area contributed by atoms with Gasteiger partial charge in [0, 0.05) is 19.6 Å². The van der Waals surface area contributed by atoms with E-state index in [2.05, 4.69) is 76.2 Å². The van der Waals surface area contributed by atoms with Crippen molar-refractivity contribution in [1.29, 1.82) is 0 Å². The van der Waals surface area contributed by atoms with Gasteiger partial charge in [0.05, 0.1) is 0 Å². The molecule has 0 aliphatic carbocycles. The van der Waals surface area contributed by atoms with E-state index >= 15 is 0 Å². The summed E-state index contributed by atoms with van der Waals surface area (Å²) in [5.74, 6) is 0. The van der Waals surface area contributed by atoms with Gasteiger partial charge < -0.3 is 0 Å². The van der Waals surface area contributed by atoms with Crippen molar-refractivity contribution < 1.29 is 0 Å². The predicted molar refractivity (Wildman–Crippen MR) is 139 cm³/mol. The first-order valence-electron chi connectivity index (χ1n) is 12.7. The zero-order chi connectivity index (χ0) is 25.8. The second kappa shape index (κ2) is 10.8. The molecule has 0 radical (unpaired) electrons. The van der Waals surface area contributed by atoms with E-state index < -0.39 is 17.1 Å². The third-order valence-corrected chi connectivity index (χ3v) is 7.22. The van der Waals surface area contributed by atoms with Crippen molar-refractivity contribution in [2.75, 3.05) is 0 Å². The Kier molecular flexibility index (Phi) is 9.61. The van der Waals surface area contributed by atoms with Crippen molar-refractivity contribution in [3.63, 3.8) is 0 Å². The van der Waals surface area contributed by atoms with Crippen LogP contribution in [0.5, 0.6) is 0 Å². The fraction of sp³-hybridized carbons (Fsp3) is 0.889. The lowest BCUT2D eigenvalue weighted by Crippen LogP contribution is -2.54. The summed E-state index contributed by atoms with van der Waals surface area (Å²) in [5.41, 5.74) is -0.927. The van der Waals surface area contributed by atoms with E-state index in [-0.39, 0.29) is 21.7 Å². The molecule has 0 atom stereocenters. The highest BCUT2D eigenvalue weighted by Crippen LogP contribution is 2.41. The predicted octanol–water partition coefficient (Wildman–Crippen LogP) is 5.68. The highest BCUT2D eigenvalue weighted by Gasteiger charge is 2.32. The monoisotopic (exact) mass is 465 g/mol. The van der Waals surface area contributed by atoms with Crippen LogP contribution in [0.15, 0.2) is 14.4 Å². The van der Waals surface area contributed by atoms with Gasteiger partial charge in [-0.2, -0.15) is 0 Å². The molecule has 33 heavy (non-hydrogen) atoms. The Balaban J connectivity index is 3.28. The molecule has 0 saturated carbocycles. The molecule has 1 aromatic heterocycles. The molecule has 1 rings (SSSR count). The standard InChI is InChI=1S/C27H51N3O3/c1-24(2,3)15-12-18-28-21(31)29(19-13-16-25(4,5)6)23(33)30(22(28)32)20-14-17-27(10,11)26(7,8)9/h12-20H2,1-11H3. The van der Waals surface area contributed by atoms with Gasteiger partial charge in [0.15, 0.2) is 0 Å². The van der Waals surface area contributed by atoms with E-state index in [0.717, 1.165) is 38.5 Å². The zero-order valence-electron chi connectivity index (χ0n) is 23.4. The summed E-state index contributed by atoms with van der Waals surface area (Å²) in [5, 5.41) is 0. The largest absolute Gasteiger partial charge is 0.336 e. The maximum absolute atomic E-state index is 13.2. The van der Waals surface area contributed by atoms with Crippen LogP contribution >= 0.6 is 0 Å². The quantitative estimate of drug-likeness (QED) is 0.447. The van der Waals surface area contributed by atoms with E-state index in [9.17, 15) is 14.4 Å². The minimum absolute atomic E-state index is 0.0729. The van der Waals surface area contributed by atoms with Crippen LogP contribution in [0.25, 0.3) is 0 Å². The molecule has 0 aliphatic heterocycles. The number of hydrogen-bond donors (Lipinski definition) is 0. The first kappa shape index (κ1) is 29.4. The summed E-state index contributed by atoms with van der Waals surface area (Å²) in [4.78, 5) is 39.6.